The molecule has 0 bridgehead atoms. The molecule has 0 radical (unpaired) electrons. The Hall–Kier alpha value is -1.75. The van der Waals surface area contributed by atoms with Gasteiger partial charge in [0, 0.05) is 34.2 Å². The van der Waals surface area contributed by atoms with Gasteiger partial charge in [0.1, 0.15) is 6.54 Å². The molecule has 0 spiro atoms. The van der Waals surface area contributed by atoms with Gasteiger partial charge in [0.05, 0.1) is 0 Å². The first kappa shape index (κ1) is 19.6. The van der Waals surface area contributed by atoms with Gasteiger partial charge in [-0.25, -0.2) is 0 Å². The smallest absolute Gasteiger partial charge is 0.240 e. The monoisotopic (exact) mass is 398 g/mol. The average molecular weight is 400 g/mol. The van der Waals surface area contributed by atoms with Gasteiger partial charge in [-0.05, 0) is 42.3 Å². The van der Waals surface area contributed by atoms with Gasteiger partial charge in [0.2, 0.25) is 11.8 Å². The summed E-state index contributed by atoms with van der Waals surface area (Å²) in [5, 5.41) is 4.25. The van der Waals surface area contributed by atoms with E-state index in [2.05, 4.69) is 5.32 Å². The van der Waals surface area contributed by atoms with Crippen molar-refractivity contribution in [3.63, 3.8) is 0 Å². The molecule has 2 aromatic carbocycles. The van der Waals surface area contributed by atoms with Crippen LogP contribution in [0.3, 0.4) is 0 Å². The topological polar surface area (TPSA) is 49.4 Å². The lowest BCUT2D eigenvalue weighted by Crippen LogP contribution is -2.40. The maximum absolute atomic E-state index is 12.2. The molecular formula is C18H17Cl3N2O2. The number of halogens is 3. The number of hydrogen-bond acceptors (Lipinski definition) is 2. The predicted molar refractivity (Wildman–Crippen MR) is 103 cm³/mol. The van der Waals surface area contributed by atoms with E-state index in [1.54, 1.807) is 24.3 Å². The SMILES string of the molecule is CC(=O)N(CC(=O)NCCc1cccc(Cl)c1)c1cc(Cl)cc(Cl)c1. The number of rotatable bonds is 6. The molecule has 25 heavy (non-hydrogen) atoms. The van der Waals surface area contributed by atoms with E-state index in [0.717, 1.165) is 5.56 Å². The van der Waals surface area contributed by atoms with Crippen molar-refractivity contribution >= 4 is 52.3 Å². The van der Waals surface area contributed by atoms with Gasteiger partial charge in [-0.3, -0.25) is 9.59 Å². The molecule has 0 aliphatic heterocycles. The zero-order chi connectivity index (χ0) is 18.4. The van der Waals surface area contributed by atoms with Crippen molar-refractivity contribution in [2.24, 2.45) is 0 Å². The Balaban J connectivity index is 1.95. The van der Waals surface area contributed by atoms with Crippen molar-refractivity contribution in [2.45, 2.75) is 13.3 Å². The number of hydrogen-bond donors (Lipinski definition) is 1. The van der Waals surface area contributed by atoms with Crippen molar-refractivity contribution < 1.29 is 9.59 Å². The van der Waals surface area contributed by atoms with Crippen molar-refractivity contribution in [2.75, 3.05) is 18.0 Å². The fourth-order valence-corrected chi connectivity index (χ4v) is 3.05. The van der Waals surface area contributed by atoms with Crippen LogP contribution in [-0.4, -0.2) is 24.9 Å². The van der Waals surface area contributed by atoms with Crippen molar-refractivity contribution in [3.05, 3.63) is 63.1 Å². The second-order valence-electron chi connectivity index (χ2n) is 5.46. The summed E-state index contributed by atoms with van der Waals surface area (Å²) in [5.74, 6) is -0.545. The second-order valence-corrected chi connectivity index (χ2v) is 6.77. The fraction of sp³-hybridized carbons (Fsp3) is 0.222. The van der Waals surface area contributed by atoms with Crippen LogP contribution in [0.4, 0.5) is 5.69 Å². The highest BCUT2D eigenvalue weighted by molar-refractivity contribution is 6.35. The minimum absolute atomic E-state index is 0.110. The molecule has 0 heterocycles. The number of benzene rings is 2. The van der Waals surface area contributed by atoms with Gasteiger partial charge in [0.25, 0.3) is 0 Å². The van der Waals surface area contributed by atoms with Crippen LogP contribution in [0, 0.1) is 0 Å². The van der Waals surface area contributed by atoms with E-state index >= 15 is 0 Å². The molecule has 2 amide bonds. The minimum atomic E-state index is -0.275. The summed E-state index contributed by atoms with van der Waals surface area (Å²) < 4.78 is 0. The number of nitrogens with zero attached hydrogens (tertiary/aromatic N) is 1. The third-order valence-electron chi connectivity index (χ3n) is 3.47. The number of carbonyl (C=O) groups excluding carboxylic acids is 2. The summed E-state index contributed by atoms with van der Waals surface area (Å²) in [6, 6.07) is 12.2. The van der Waals surface area contributed by atoms with E-state index in [1.165, 1.54) is 11.8 Å². The molecule has 1 N–H and O–H groups in total. The quantitative estimate of drug-likeness (QED) is 0.784. The molecule has 7 heteroatoms. The molecule has 132 valence electrons. The van der Waals surface area contributed by atoms with Crippen LogP contribution in [0.15, 0.2) is 42.5 Å². The largest absolute Gasteiger partial charge is 0.354 e. The van der Waals surface area contributed by atoms with E-state index in [-0.39, 0.29) is 18.4 Å². The number of carbonyl (C=O) groups is 2. The summed E-state index contributed by atoms with van der Waals surface area (Å²) in [6.45, 7) is 1.72. The first-order valence-electron chi connectivity index (χ1n) is 7.60. The fourth-order valence-electron chi connectivity index (χ4n) is 2.32. The Morgan fingerprint density at radius 2 is 1.68 bits per heavy atom. The summed E-state index contributed by atoms with van der Waals surface area (Å²) in [5.41, 5.74) is 1.51. The van der Waals surface area contributed by atoms with Crippen molar-refractivity contribution in [1.29, 1.82) is 0 Å². The highest BCUT2D eigenvalue weighted by Gasteiger charge is 2.16. The Bertz CT molecular complexity index is 760. The summed E-state index contributed by atoms with van der Waals surface area (Å²) in [6.07, 6.45) is 0.648. The van der Waals surface area contributed by atoms with Gasteiger partial charge in [-0.1, -0.05) is 46.9 Å². The molecule has 0 aliphatic rings. The van der Waals surface area contributed by atoms with E-state index in [1.807, 2.05) is 18.2 Å². The highest BCUT2D eigenvalue weighted by Crippen LogP contribution is 2.25. The number of nitrogens with one attached hydrogen (secondary N) is 1. The Labute approximate surface area is 161 Å². The molecule has 0 aromatic heterocycles. The maximum Gasteiger partial charge on any atom is 0.240 e. The van der Waals surface area contributed by atoms with Crippen LogP contribution in [0.5, 0.6) is 0 Å². The maximum atomic E-state index is 12.2. The molecule has 0 atom stereocenters. The van der Waals surface area contributed by atoms with Crippen molar-refractivity contribution in [3.8, 4) is 0 Å². The molecule has 0 unspecified atom stereocenters. The molecule has 4 nitrogen and oxygen atoms in total. The molecule has 2 aromatic rings. The van der Waals surface area contributed by atoms with Crippen molar-refractivity contribution in [1.82, 2.24) is 5.32 Å². The van der Waals surface area contributed by atoms with Crippen LogP contribution < -0.4 is 10.2 Å². The highest BCUT2D eigenvalue weighted by atomic mass is 35.5. The van der Waals surface area contributed by atoms with E-state index < -0.39 is 0 Å². The van der Waals surface area contributed by atoms with E-state index in [4.69, 9.17) is 34.8 Å². The van der Waals surface area contributed by atoms with Crippen LogP contribution in [0.2, 0.25) is 15.1 Å². The lowest BCUT2D eigenvalue weighted by molar-refractivity contribution is -0.123. The Morgan fingerprint density at radius 1 is 1.00 bits per heavy atom. The first-order valence-corrected chi connectivity index (χ1v) is 8.74. The molecule has 0 saturated heterocycles. The summed E-state index contributed by atoms with van der Waals surface area (Å²) in [4.78, 5) is 25.4. The van der Waals surface area contributed by atoms with Crippen LogP contribution in [0.1, 0.15) is 12.5 Å². The third kappa shape index (κ3) is 6.24. The Morgan fingerprint density at radius 3 is 2.28 bits per heavy atom. The molecule has 0 saturated carbocycles. The standard InChI is InChI=1S/C18H17Cl3N2O2/c1-12(24)23(17-9-15(20)8-16(21)10-17)11-18(25)22-6-5-13-3-2-4-14(19)7-13/h2-4,7-10H,5-6,11H2,1H3,(H,22,25). The predicted octanol–water partition coefficient (Wildman–Crippen LogP) is 4.36. The van der Waals surface area contributed by atoms with Gasteiger partial charge in [-0.2, -0.15) is 0 Å². The lowest BCUT2D eigenvalue weighted by atomic mass is 10.1. The summed E-state index contributed by atoms with van der Waals surface area (Å²) >= 11 is 17.9. The third-order valence-corrected chi connectivity index (χ3v) is 4.14. The summed E-state index contributed by atoms with van der Waals surface area (Å²) in [7, 11) is 0. The van der Waals surface area contributed by atoms with E-state index in [9.17, 15) is 9.59 Å². The molecule has 2 rings (SSSR count). The minimum Gasteiger partial charge on any atom is -0.354 e. The van der Waals surface area contributed by atoms with Crippen LogP contribution in [0.25, 0.3) is 0 Å². The zero-order valence-electron chi connectivity index (χ0n) is 13.6. The van der Waals surface area contributed by atoms with Gasteiger partial charge in [0.15, 0.2) is 0 Å². The Kier molecular flexibility index (Phi) is 7.12. The van der Waals surface area contributed by atoms with Gasteiger partial charge >= 0.3 is 0 Å². The van der Waals surface area contributed by atoms with Gasteiger partial charge in [-0.15, -0.1) is 0 Å². The molecule has 0 fully saturated rings. The van der Waals surface area contributed by atoms with Crippen LogP contribution in [-0.2, 0) is 16.0 Å². The normalized spacial score (nSPS) is 10.4. The molecular weight excluding hydrogens is 383 g/mol. The second kappa shape index (κ2) is 9.09. The van der Waals surface area contributed by atoms with Gasteiger partial charge < -0.3 is 10.2 Å². The zero-order valence-corrected chi connectivity index (χ0v) is 15.8. The first-order chi connectivity index (χ1) is 11.8. The van der Waals surface area contributed by atoms with E-state index in [0.29, 0.717) is 33.7 Å². The number of amides is 2. The average Bonchev–Trinajstić information content (AvgIpc) is 2.51. The lowest BCUT2D eigenvalue weighted by Gasteiger charge is -2.21. The number of anilines is 1. The van der Waals surface area contributed by atoms with Crippen LogP contribution >= 0.6 is 34.8 Å². The molecule has 0 aliphatic carbocycles.